The van der Waals surface area contributed by atoms with E-state index < -0.39 is 47.8 Å². The first-order chi connectivity index (χ1) is 20.8. The van der Waals surface area contributed by atoms with Gasteiger partial charge in [0.1, 0.15) is 41.8 Å². The molecule has 2 aliphatic rings. The number of hydrogen-bond donors (Lipinski definition) is 2. The molecule has 1 aliphatic carbocycles. The van der Waals surface area contributed by atoms with Gasteiger partial charge in [-0.25, -0.2) is 13.8 Å². The third-order valence-corrected chi connectivity index (χ3v) is 7.83. The molecular formula is C31H27F5N4O4. The minimum atomic E-state index is -5.33. The number of aromatic nitrogens is 3. The van der Waals surface area contributed by atoms with Gasteiger partial charge in [-0.2, -0.15) is 18.3 Å². The predicted octanol–water partition coefficient (Wildman–Crippen LogP) is 5.48. The topological polar surface area (TPSA) is 106 Å². The Morgan fingerprint density at radius 3 is 2.52 bits per heavy atom. The third kappa shape index (κ3) is 5.29. The highest BCUT2D eigenvalue weighted by molar-refractivity contribution is 6.00. The molecule has 2 N–H and O–H groups in total. The summed E-state index contributed by atoms with van der Waals surface area (Å²) in [7, 11) is 0. The number of aliphatic hydroxyl groups is 1. The zero-order chi connectivity index (χ0) is 31.4. The van der Waals surface area contributed by atoms with E-state index in [4.69, 9.17) is 9.47 Å². The van der Waals surface area contributed by atoms with Crippen LogP contribution in [0.2, 0.25) is 0 Å². The number of halogens is 5. The Morgan fingerprint density at radius 2 is 1.86 bits per heavy atom. The number of nitrogens with zero attached hydrogens (tertiary/aromatic N) is 3. The number of aryl methyl sites for hydroxylation is 1. The van der Waals surface area contributed by atoms with Crippen molar-refractivity contribution in [3.63, 3.8) is 0 Å². The monoisotopic (exact) mass is 614 g/mol. The molecule has 0 spiro atoms. The molecule has 1 fully saturated rings. The Labute approximate surface area is 248 Å². The number of carbonyl (C=O) groups is 1. The van der Waals surface area contributed by atoms with Gasteiger partial charge in [0.2, 0.25) is 5.60 Å². The van der Waals surface area contributed by atoms with Crippen LogP contribution in [0.3, 0.4) is 0 Å². The lowest BCUT2D eigenvalue weighted by molar-refractivity contribution is -0.265. The molecule has 3 heterocycles. The van der Waals surface area contributed by atoms with Crippen LogP contribution >= 0.6 is 0 Å². The minimum Gasteiger partial charge on any atom is -0.490 e. The zero-order valence-electron chi connectivity index (χ0n) is 23.6. The number of benzene rings is 2. The van der Waals surface area contributed by atoms with Crippen molar-refractivity contribution in [3.8, 4) is 22.8 Å². The molecule has 1 saturated carbocycles. The van der Waals surface area contributed by atoms with E-state index in [-0.39, 0.29) is 46.6 Å². The molecule has 1 amide bonds. The van der Waals surface area contributed by atoms with Crippen molar-refractivity contribution in [2.75, 3.05) is 19.8 Å². The smallest absolute Gasteiger partial charge is 0.424 e. The maximum atomic E-state index is 14.7. The van der Waals surface area contributed by atoms with Gasteiger partial charge in [-0.15, -0.1) is 5.10 Å². The zero-order valence-corrected chi connectivity index (χ0v) is 23.6. The predicted molar refractivity (Wildman–Crippen MR) is 149 cm³/mol. The molecule has 2 atom stereocenters. The van der Waals surface area contributed by atoms with Crippen LogP contribution in [0.1, 0.15) is 47.1 Å². The van der Waals surface area contributed by atoms with Crippen molar-refractivity contribution in [3.05, 3.63) is 76.9 Å². The summed E-state index contributed by atoms with van der Waals surface area (Å²) in [5, 5.41) is 22.1. The number of amides is 1. The number of ether oxygens (including phenoxy) is 2. The van der Waals surface area contributed by atoms with Gasteiger partial charge in [0.25, 0.3) is 5.91 Å². The summed E-state index contributed by atoms with van der Waals surface area (Å²) in [6.45, 7) is 0.702. The van der Waals surface area contributed by atoms with E-state index in [1.807, 2.05) is 0 Å². The molecule has 2 aromatic carbocycles. The second-order valence-corrected chi connectivity index (χ2v) is 11.5. The molecule has 44 heavy (non-hydrogen) atoms. The van der Waals surface area contributed by atoms with Crippen LogP contribution in [0.15, 0.2) is 48.5 Å². The third-order valence-electron chi connectivity index (χ3n) is 7.83. The van der Waals surface area contributed by atoms with Crippen molar-refractivity contribution in [1.82, 2.24) is 20.5 Å². The lowest BCUT2D eigenvalue weighted by atomic mass is 9.83. The number of carbonyl (C=O) groups excluding carboxylic acids is 1. The Balaban J connectivity index is 1.39. The first-order valence-corrected chi connectivity index (χ1v) is 13.8. The number of fused-ring (bicyclic) bond motifs is 2. The summed E-state index contributed by atoms with van der Waals surface area (Å²) in [6, 6.07) is 10.2. The number of pyridine rings is 1. The van der Waals surface area contributed by atoms with E-state index >= 15 is 0 Å². The SMILES string of the molecule is Cc1cc2cc(C(=O)NCC(O)(c3cc4c(c(-c5ccc(F)cc5)n3)OCC4(C)CF)C(F)(F)F)cc(OC3CC3)c2nn1. The molecular weight excluding hydrogens is 587 g/mol. The Morgan fingerprint density at radius 1 is 1.14 bits per heavy atom. The maximum absolute atomic E-state index is 14.7. The molecule has 4 aromatic rings. The lowest BCUT2D eigenvalue weighted by Crippen LogP contribution is -2.51. The van der Waals surface area contributed by atoms with E-state index in [9.17, 15) is 31.9 Å². The van der Waals surface area contributed by atoms with Crippen LogP contribution in [0.4, 0.5) is 22.0 Å². The van der Waals surface area contributed by atoms with Crippen molar-refractivity contribution in [2.45, 2.75) is 50.0 Å². The fourth-order valence-corrected chi connectivity index (χ4v) is 5.02. The summed E-state index contributed by atoms with van der Waals surface area (Å²) in [5.41, 5.74) is -4.84. The first-order valence-electron chi connectivity index (χ1n) is 13.8. The van der Waals surface area contributed by atoms with Crippen LogP contribution in [0.5, 0.6) is 11.5 Å². The average molecular weight is 615 g/mol. The fraction of sp³-hybridized carbons (Fsp3) is 0.355. The van der Waals surface area contributed by atoms with Gasteiger partial charge in [-0.3, -0.25) is 4.79 Å². The van der Waals surface area contributed by atoms with Crippen LogP contribution in [0.25, 0.3) is 22.2 Å². The van der Waals surface area contributed by atoms with Gasteiger partial charge in [0.05, 0.1) is 29.5 Å². The summed E-state index contributed by atoms with van der Waals surface area (Å²) < 4.78 is 83.5. The molecule has 1 aliphatic heterocycles. The normalized spacial score (nSPS) is 19.3. The number of rotatable bonds is 8. The summed E-state index contributed by atoms with van der Waals surface area (Å²) in [4.78, 5) is 17.4. The number of hydrogen-bond acceptors (Lipinski definition) is 7. The highest BCUT2D eigenvalue weighted by Gasteiger charge is 2.57. The van der Waals surface area contributed by atoms with Crippen molar-refractivity contribution < 1.29 is 41.3 Å². The molecule has 8 nitrogen and oxygen atoms in total. The first kappa shape index (κ1) is 29.7. The van der Waals surface area contributed by atoms with Crippen molar-refractivity contribution in [2.24, 2.45) is 0 Å². The summed E-state index contributed by atoms with van der Waals surface area (Å²) >= 11 is 0. The summed E-state index contributed by atoms with van der Waals surface area (Å²) in [5.74, 6) is -1.20. The number of alkyl halides is 4. The Hall–Kier alpha value is -4.39. The molecule has 0 radical (unpaired) electrons. The van der Waals surface area contributed by atoms with E-state index in [0.29, 0.717) is 16.6 Å². The van der Waals surface area contributed by atoms with Gasteiger partial charge < -0.3 is 19.9 Å². The number of nitrogens with one attached hydrogen (secondary N) is 1. The van der Waals surface area contributed by atoms with E-state index in [1.165, 1.54) is 31.2 Å². The quantitative estimate of drug-likeness (QED) is 0.253. The molecule has 13 heteroatoms. The highest BCUT2D eigenvalue weighted by Crippen LogP contribution is 2.48. The Kier molecular flexibility index (Phi) is 7.18. The molecule has 230 valence electrons. The van der Waals surface area contributed by atoms with Crippen molar-refractivity contribution >= 4 is 16.8 Å². The second kappa shape index (κ2) is 10.7. The highest BCUT2D eigenvalue weighted by atomic mass is 19.4. The molecule has 0 saturated heterocycles. The standard InChI is InChI=1S/C31H27F5N4O4/c1-16-9-18-10-19(11-23(25(18)40-39-16)44-21-7-8-21)28(41)37-14-30(42,31(34,35)36)24-12-22-27(43-15-29(22,2)13-32)26(38-24)17-3-5-20(33)6-4-17/h3-6,9-12,21,42H,7-8,13-15H2,1-2H3,(H,37,41). The van der Waals surface area contributed by atoms with Crippen LogP contribution < -0.4 is 14.8 Å². The van der Waals surface area contributed by atoms with Gasteiger partial charge in [0.15, 0.2) is 0 Å². The summed E-state index contributed by atoms with van der Waals surface area (Å²) in [6.07, 6.45) is -3.76. The molecule has 2 aromatic heterocycles. The van der Waals surface area contributed by atoms with E-state index in [0.717, 1.165) is 31.0 Å². The van der Waals surface area contributed by atoms with Gasteiger partial charge >= 0.3 is 6.18 Å². The lowest BCUT2D eigenvalue weighted by Gasteiger charge is -2.31. The molecule has 2 unspecified atom stereocenters. The maximum Gasteiger partial charge on any atom is 0.424 e. The molecule has 0 bridgehead atoms. The van der Waals surface area contributed by atoms with Crippen LogP contribution in [-0.4, -0.2) is 58.3 Å². The van der Waals surface area contributed by atoms with Gasteiger partial charge in [0, 0.05) is 22.1 Å². The fourth-order valence-electron chi connectivity index (χ4n) is 5.02. The van der Waals surface area contributed by atoms with E-state index in [1.54, 1.807) is 13.0 Å². The molecule has 6 rings (SSSR count). The second-order valence-electron chi connectivity index (χ2n) is 11.5. The van der Waals surface area contributed by atoms with Crippen molar-refractivity contribution in [1.29, 1.82) is 0 Å². The average Bonchev–Trinajstić information content (AvgIpc) is 3.75. The largest absolute Gasteiger partial charge is 0.490 e. The minimum absolute atomic E-state index is 0.0163. The Bertz CT molecular complexity index is 1760. The van der Waals surface area contributed by atoms with Gasteiger partial charge in [-0.05, 0) is 75.2 Å². The van der Waals surface area contributed by atoms with Gasteiger partial charge in [-0.1, -0.05) is 0 Å². The van der Waals surface area contributed by atoms with E-state index in [2.05, 4.69) is 20.5 Å². The van der Waals surface area contributed by atoms with Crippen LogP contribution in [0, 0.1) is 12.7 Å². The van der Waals surface area contributed by atoms with Crippen LogP contribution in [-0.2, 0) is 11.0 Å².